The van der Waals surface area contributed by atoms with Crippen LogP contribution in [0, 0.1) is 6.92 Å². The number of aromatic amines is 1. The molecule has 7 heteroatoms. The molecular weight excluding hydrogens is 348 g/mol. The van der Waals surface area contributed by atoms with Crippen molar-refractivity contribution < 1.29 is 10.4 Å². The van der Waals surface area contributed by atoms with Crippen LogP contribution in [0.3, 0.4) is 0 Å². The molecule has 0 saturated heterocycles. The van der Waals surface area contributed by atoms with Crippen LogP contribution in [0.4, 0.5) is 0 Å². The van der Waals surface area contributed by atoms with Crippen LogP contribution in [0.2, 0.25) is 1.41 Å². The smallest absolute Gasteiger partial charge is 0.197 e. The fraction of sp³-hybridized carbons (Fsp3) is 0.158. The topological polar surface area (TPSA) is 72.8 Å². The molecular formula is C19H18N4O2S. The van der Waals surface area contributed by atoms with Crippen molar-refractivity contribution in [3.8, 4) is 11.4 Å². The quantitative estimate of drug-likeness (QED) is 0.587. The van der Waals surface area contributed by atoms with Crippen LogP contribution in [0.5, 0.6) is 5.75 Å². The number of aromatic nitrogens is 4. The lowest BCUT2D eigenvalue weighted by Gasteiger charge is -2.08. The Morgan fingerprint density at radius 1 is 1.31 bits per heavy atom. The summed E-state index contributed by atoms with van der Waals surface area (Å²) in [4.78, 5) is 9.87. The van der Waals surface area contributed by atoms with Crippen LogP contribution in [0.15, 0.2) is 60.1 Å². The molecule has 132 valence electrons. The van der Waals surface area contributed by atoms with Gasteiger partial charge in [0.2, 0.25) is 0 Å². The molecule has 4 rings (SSSR count). The molecule has 0 bridgehead atoms. The van der Waals surface area contributed by atoms with Gasteiger partial charge in [-0.05, 0) is 43.3 Å². The summed E-state index contributed by atoms with van der Waals surface area (Å²) in [5.41, 5.74) is 3.69. The first-order chi connectivity index (χ1) is 13.1. The van der Waals surface area contributed by atoms with Gasteiger partial charge in [-0.15, -0.1) is 0 Å². The highest BCUT2D eigenvalue weighted by molar-refractivity contribution is 7.84. The molecule has 0 radical (unpaired) electrons. The van der Waals surface area contributed by atoms with Gasteiger partial charge in [-0.25, -0.2) is 4.98 Å². The molecule has 1 unspecified atom stereocenters. The van der Waals surface area contributed by atoms with Crippen LogP contribution in [-0.2, 0) is 16.6 Å². The van der Waals surface area contributed by atoms with E-state index < -0.39 is 10.8 Å². The lowest BCUT2D eigenvalue weighted by Crippen LogP contribution is -2.03. The second-order valence-electron chi connectivity index (χ2n) is 5.84. The number of imidazole rings is 1. The summed E-state index contributed by atoms with van der Waals surface area (Å²) in [6, 6.07) is 11.3. The van der Waals surface area contributed by atoms with Gasteiger partial charge in [-0.2, -0.15) is 0 Å². The largest absolute Gasteiger partial charge is 0.496 e. The Labute approximate surface area is 154 Å². The highest BCUT2D eigenvalue weighted by atomic mass is 32.2. The Morgan fingerprint density at radius 3 is 2.88 bits per heavy atom. The van der Waals surface area contributed by atoms with E-state index in [4.69, 9.17) is 6.15 Å². The zero-order valence-electron chi connectivity index (χ0n) is 15.4. The monoisotopic (exact) mass is 367 g/mol. The number of fused-ring (bicyclic) bond motifs is 1. The first kappa shape index (κ1) is 15.3. The van der Waals surface area contributed by atoms with E-state index in [0.717, 1.165) is 16.2 Å². The average Bonchev–Trinajstić information content (AvgIpc) is 3.32. The number of hydrogen-bond acceptors (Lipinski definition) is 4. The summed E-state index contributed by atoms with van der Waals surface area (Å²) in [6.45, 7) is 1.88. The van der Waals surface area contributed by atoms with Gasteiger partial charge in [0.05, 0.1) is 40.4 Å². The number of hydrogen-bond donors (Lipinski definition) is 1. The Balaban J connectivity index is 1.69. The molecule has 4 aromatic rings. The van der Waals surface area contributed by atoms with Crippen LogP contribution in [0.25, 0.3) is 16.7 Å². The molecule has 1 N–H and O–H groups in total. The van der Waals surface area contributed by atoms with E-state index in [1.54, 1.807) is 19.4 Å². The number of methoxy groups -OCH3 is 1. The number of nitrogens with one attached hydrogen (secondary N) is 1. The number of H-pyrrole nitrogens is 1. The maximum Gasteiger partial charge on any atom is 0.197 e. The van der Waals surface area contributed by atoms with Crippen LogP contribution < -0.4 is 4.74 Å². The van der Waals surface area contributed by atoms with Crippen molar-refractivity contribution in [1.29, 1.82) is 0 Å². The molecule has 1 aromatic carbocycles. The second kappa shape index (κ2) is 6.76. The van der Waals surface area contributed by atoms with Gasteiger partial charge in [0.1, 0.15) is 5.75 Å². The van der Waals surface area contributed by atoms with Gasteiger partial charge in [0, 0.05) is 29.8 Å². The standard InChI is InChI=1S/C19H18N4O2S/c1-13-17(20-8-7-18(13)25-2)12-26(24)19-21-15-6-5-14(11-16(15)22-19)23-9-3-4-10-23/h3-11H,12H2,1-2H3,(H,21,22)/i/hD. The van der Waals surface area contributed by atoms with E-state index in [1.807, 2.05) is 54.2 Å². The number of ether oxygens (including phenoxy) is 1. The summed E-state index contributed by atoms with van der Waals surface area (Å²) in [5, 5.41) is 0.207. The normalized spacial score (nSPS) is 12.9. The highest BCUT2D eigenvalue weighted by Crippen LogP contribution is 2.22. The molecule has 26 heavy (non-hydrogen) atoms. The zero-order valence-corrected chi connectivity index (χ0v) is 15.2. The maximum absolute atomic E-state index is 12.9. The van der Waals surface area contributed by atoms with Crippen LogP contribution in [-0.4, -0.2) is 30.8 Å². The molecule has 3 aromatic heterocycles. The first-order valence-electron chi connectivity index (χ1n) is 8.55. The van der Waals surface area contributed by atoms with Gasteiger partial charge in [0.25, 0.3) is 0 Å². The Kier molecular flexibility index (Phi) is 3.99. The van der Waals surface area contributed by atoms with Crippen molar-refractivity contribution >= 4 is 21.8 Å². The zero-order chi connectivity index (χ0) is 19.0. The van der Waals surface area contributed by atoms with E-state index in [2.05, 4.69) is 9.97 Å². The summed E-state index contributed by atoms with van der Waals surface area (Å²) in [6.07, 6.45) is 5.50. The molecule has 3 heterocycles. The Morgan fingerprint density at radius 2 is 2.12 bits per heavy atom. The number of benzene rings is 1. The fourth-order valence-corrected chi connectivity index (χ4v) is 3.88. The lowest BCUT2D eigenvalue weighted by atomic mass is 10.2. The highest BCUT2D eigenvalue weighted by Gasteiger charge is 2.15. The summed E-state index contributed by atoms with van der Waals surface area (Å²) >= 11 is 0. The second-order valence-corrected chi connectivity index (χ2v) is 7.19. The van der Waals surface area contributed by atoms with Crippen LogP contribution >= 0.6 is 0 Å². The Hall–Kier alpha value is -2.93. The van der Waals surface area contributed by atoms with Gasteiger partial charge >= 0.3 is 0 Å². The fourth-order valence-electron chi connectivity index (χ4n) is 2.81. The molecule has 0 saturated carbocycles. The summed E-state index contributed by atoms with van der Waals surface area (Å²) in [7, 11) is 0.0889. The van der Waals surface area contributed by atoms with E-state index in [1.165, 1.54) is 0 Å². The van der Waals surface area contributed by atoms with Crippen molar-refractivity contribution in [1.82, 2.24) is 19.5 Å². The third-order valence-electron chi connectivity index (χ3n) is 4.24. The third-order valence-corrected chi connectivity index (χ3v) is 5.37. The van der Waals surface area contributed by atoms with Gasteiger partial charge in [-0.3, -0.25) is 9.19 Å². The predicted octanol–water partition coefficient (Wildman–Crippen LogP) is 3.37. The summed E-state index contributed by atoms with van der Waals surface area (Å²) < 4.78 is 28.5. The number of pyridine rings is 1. The van der Waals surface area contributed by atoms with Gasteiger partial charge < -0.3 is 14.3 Å². The molecule has 0 amide bonds. The number of nitrogens with zero attached hydrogens (tertiary/aromatic N) is 3. The predicted molar refractivity (Wildman–Crippen MR) is 101 cm³/mol. The molecule has 0 aliphatic rings. The van der Waals surface area contributed by atoms with E-state index in [9.17, 15) is 4.21 Å². The van der Waals surface area contributed by atoms with Crippen molar-refractivity contribution in [2.45, 2.75) is 17.8 Å². The molecule has 0 aliphatic heterocycles. The van der Waals surface area contributed by atoms with Gasteiger partial charge in [0.15, 0.2) is 6.57 Å². The van der Waals surface area contributed by atoms with Gasteiger partial charge in [-0.1, -0.05) is 0 Å². The van der Waals surface area contributed by atoms with Crippen molar-refractivity contribution in [3.05, 3.63) is 66.2 Å². The van der Waals surface area contributed by atoms with E-state index >= 15 is 0 Å². The van der Waals surface area contributed by atoms with E-state index in [0.29, 0.717) is 22.5 Å². The number of rotatable bonds is 5. The first-order valence-corrected chi connectivity index (χ1v) is 9.42. The summed E-state index contributed by atoms with van der Waals surface area (Å²) in [5.74, 6) is 0.878. The lowest BCUT2D eigenvalue weighted by molar-refractivity contribution is 0.410. The molecule has 0 spiro atoms. The minimum Gasteiger partial charge on any atom is -0.496 e. The minimum absolute atomic E-state index is 0.176. The third kappa shape index (κ3) is 3.01. The van der Waals surface area contributed by atoms with Crippen molar-refractivity contribution in [3.63, 3.8) is 0 Å². The Bertz CT molecular complexity index is 1140. The molecule has 1 atom stereocenters. The average molecular weight is 367 g/mol. The maximum atomic E-state index is 12.9. The van der Waals surface area contributed by atoms with Crippen LogP contribution in [0.1, 0.15) is 11.3 Å². The SMILES string of the molecule is [2H]n1c(S(=O)Cc2nccc(OC)c2C)nc2ccc(-n3cccc3)cc21. The molecule has 0 fully saturated rings. The minimum atomic E-state index is -1.50. The van der Waals surface area contributed by atoms with Crippen molar-refractivity contribution in [2.24, 2.45) is 0 Å². The molecule has 6 nitrogen and oxygen atoms in total. The van der Waals surface area contributed by atoms with E-state index in [-0.39, 0.29) is 10.9 Å². The molecule has 0 aliphatic carbocycles. The van der Waals surface area contributed by atoms with Crippen molar-refractivity contribution in [2.75, 3.05) is 7.11 Å².